The lowest BCUT2D eigenvalue weighted by Gasteiger charge is -2.43. The molecule has 1 aromatic rings. The van der Waals surface area contributed by atoms with Crippen molar-refractivity contribution in [3.63, 3.8) is 0 Å². The molecule has 2 unspecified atom stereocenters. The van der Waals surface area contributed by atoms with Crippen molar-refractivity contribution in [3.8, 4) is 0 Å². The molecule has 4 nitrogen and oxygen atoms in total. The van der Waals surface area contributed by atoms with E-state index in [1.165, 1.54) is 19.3 Å². The summed E-state index contributed by atoms with van der Waals surface area (Å²) in [5, 5.41) is 13.5. The van der Waals surface area contributed by atoms with Crippen LogP contribution in [-0.2, 0) is 7.05 Å². The summed E-state index contributed by atoms with van der Waals surface area (Å²) in [6.45, 7) is 6.73. The van der Waals surface area contributed by atoms with Crippen molar-refractivity contribution >= 4 is 11.8 Å². The zero-order valence-electron chi connectivity index (χ0n) is 12.0. The van der Waals surface area contributed by atoms with E-state index >= 15 is 0 Å². The van der Waals surface area contributed by atoms with E-state index in [0.717, 1.165) is 11.0 Å². The van der Waals surface area contributed by atoms with Crippen molar-refractivity contribution in [1.29, 1.82) is 0 Å². The lowest BCUT2D eigenvalue weighted by molar-refractivity contribution is 0.182. The van der Waals surface area contributed by atoms with Gasteiger partial charge in [-0.05, 0) is 32.2 Å². The fourth-order valence-electron chi connectivity index (χ4n) is 2.91. The number of nitrogens with one attached hydrogen (secondary N) is 1. The SMILES string of the molecule is CNC1C(Sc2nnc(C)n2C)CCCC1(C)C. The average molecular weight is 268 g/mol. The van der Waals surface area contributed by atoms with Crippen molar-refractivity contribution in [1.82, 2.24) is 20.1 Å². The number of hydrogen-bond acceptors (Lipinski definition) is 4. The van der Waals surface area contributed by atoms with Gasteiger partial charge in [-0.2, -0.15) is 0 Å². The molecule has 0 radical (unpaired) electrons. The summed E-state index contributed by atoms with van der Waals surface area (Å²) in [5.74, 6) is 0.980. The lowest BCUT2D eigenvalue weighted by Crippen LogP contribution is -2.50. The Labute approximate surface area is 114 Å². The Morgan fingerprint density at radius 1 is 1.39 bits per heavy atom. The van der Waals surface area contributed by atoms with Gasteiger partial charge < -0.3 is 9.88 Å². The van der Waals surface area contributed by atoms with Crippen LogP contribution in [0.5, 0.6) is 0 Å². The highest BCUT2D eigenvalue weighted by atomic mass is 32.2. The largest absolute Gasteiger partial charge is 0.315 e. The van der Waals surface area contributed by atoms with E-state index < -0.39 is 0 Å². The predicted octanol–water partition coefficient (Wildman–Crippen LogP) is 2.38. The van der Waals surface area contributed by atoms with Crippen LogP contribution in [-0.4, -0.2) is 33.1 Å². The Hall–Kier alpha value is -0.550. The van der Waals surface area contributed by atoms with E-state index in [9.17, 15) is 0 Å². The molecule has 0 bridgehead atoms. The summed E-state index contributed by atoms with van der Waals surface area (Å²) < 4.78 is 2.08. The van der Waals surface area contributed by atoms with Crippen LogP contribution in [0.3, 0.4) is 0 Å². The smallest absolute Gasteiger partial charge is 0.191 e. The summed E-state index contributed by atoms with van der Waals surface area (Å²) in [5.41, 5.74) is 0.359. The van der Waals surface area contributed by atoms with Crippen molar-refractivity contribution in [2.45, 2.75) is 56.5 Å². The average Bonchev–Trinajstić information content (AvgIpc) is 2.60. The van der Waals surface area contributed by atoms with Gasteiger partial charge in [0, 0.05) is 18.3 Å². The number of nitrogens with zero attached hydrogens (tertiary/aromatic N) is 3. The van der Waals surface area contributed by atoms with Gasteiger partial charge in [0.25, 0.3) is 0 Å². The third kappa shape index (κ3) is 2.57. The maximum atomic E-state index is 4.27. The number of hydrogen-bond donors (Lipinski definition) is 1. The number of aromatic nitrogens is 3. The normalized spacial score (nSPS) is 27.4. The van der Waals surface area contributed by atoms with E-state index in [-0.39, 0.29) is 0 Å². The molecule has 0 spiro atoms. The van der Waals surface area contributed by atoms with Gasteiger partial charge in [-0.25, -0.2) is 0 Å². The molecule has 2 rings (SSSR count). The van der Waals surface area contributed by atoms with Crippen molar-refractivity contribution in [2.75, 3.05) is 7.05 Å². The van der Waals surface area contributed by atoms with E-state index in [1.807, 2.05) is 25.7 Å². The van der Waals surface area contributed by atoms with Gasteiger partial charge >= 0.3 is 0 Å². The van der Waals surface area contributed by atoms with Gasteiger partial charge in [-0.1, -0.05) is 32.0 Å². The molecule has 1 N–H and O–H groups in total. The summed E-state index contributed by atoms with van der Waals surface area (Å²) >= 11 is 1.87. The zero-order valence-corrected chi connectivity index (χ0v) is 12.8. The first-order chi connectivity index (χ1) is 8.45. The molecule has 1 fully saturated rings. The maximum absolute atomic E-state index is 4.27. The third-order valence-electron chi connectivity index (χ3n) is 4.14. The van der Waals surface area contributed by atoms with Crippen LogP contribution in [0.25, 0.3) is 0 Å². The highest BCUT2D eigenvalue weighted by molar-refractivity contribution is 7.99. The van der Waals surface area contributed by atoms with Crippen molar-refractivity contribution in [2.24, 2.45) is 12.5 Å². The molecule has 0 aromatic carbocycles. The number of aryl methyl sites for hydroxylation is 1. The van der Waals surface area contributed by atoms with E-state index in [4.69, 9.17) is 0 Å². The minimum Gasteiger partial charge on any atom is -0.315 e. The van der Waals surface area contributed by atoms with Gasteiger partial charge in [0.15, 0.2) is 5.16 Å². The second-order valence-corrected chi connectivity index (χ2v) is 7.10. The van der Waals surface area contributed by atoms with Crippen LogP contribution in [0, 0.1) is 12.3 Å². The van der Waals surface area contributed by atoms with Gasteiger partial charge in [-0.3, -0.25) is 0 Å². The molecule has 0 aliphatic heterocycles. The molecule has 1 heterocycles. The highest BCUT2D eigenvalue weighted by Crippen LogP contribution is 2.42. The van der Waals surface area contributed by atoms with Crippen LogP contribution in [0.4, 0.5) is 0 Å². The van der Waals surface area contributed by atoms with Crippen LogP contribution < -0.4 is 5.32 Å². The van der Waals surface area contributed by atoms with E-state index in [0.29, 0.717) is 16.7 Å². The Balaban J connectivity index is 2.14. The summed E-state index contributed by atoms with van der Waals surface area (Å²) in [4.78, 5) is 0. The first-order valence-corrected chi connectivity index (χ1v) is 7.53. The second kappa shape index (κ2) is 5.21. The molecule has 1 saturated carbocycles. The van der Waals surface area contributed by atoms with Gasteiger partial charge in [0.1, 0.15) is 5.82 Å². The molecule has 102 valence electrons. The fraction of sp³-hybridized carbons (Fsp3) is 0.846. The van der Waals surface area contributed by atoms with Crippen LogP contribution in [0.2, 0.25) is 0 Å². The third-order valence-corrected chi connectivity index (χ3v) is 5.52. The molecule has 5 heteroatoms. The molecule has 0 saturated heterocycles. The lowest BCUT2D eigenvalue weighted by atomic mass is 9.73. The molecule has 1 aliphatic rings. The number of thioether (sulfide) groups is 1. The number of rotatable bonds is 3. The van der Waals surface area contributed by atoms with Crippen LogP contribution in [0.1, 0.15) is 38.9 Å². The molecule has 1 aliphatic carbocycles. The van der Waals surface area contributed by atoms with E-state index in [2.05, 4.69) is 41.0 Å². The Morgan fingerprint density at radius 3 is 2.67 bits per heavy atom. The second-order valence-electron chi connectivity index (χ2n) is 5.89. The first-order valence-electron chi connectivity index (χ1n) is 6.65. The Kier molecular flexibility index (Phi) is 4.02. The molecule has 18 heavy (non-hydrogen) atoms. The van der Waals surface area contributed by atoms with E-state index in [1.54, 1.807) is 0 Å². The minimum absolute atomic E-state index is 0.359. The topological polar surface area (TPSA) is 42.7 Å². The summed E-state index contributed by atoms with van der Waals surface area (Å²) in [7, 11) is 4.12. The van der Waals surface area contributed by atoms with Gasteiger partial charge in [-0.15, -0.1) is 10.2 Å². The molecular formula is C13H24N4S. The first kappa shape index (κ1) is 13.9. The molecule has 0 amide bonds. The van der Waals surface area contributed by atoms with Gasteiger partial charge in [0.05, 0.1) is 0 Å². The molecular weight excluding hydrogens is 244 g/mol. The quantitative estimate of drug-likeness (QED) is 0.914. The minimum atomic E-state index is 0.359. The maximum Gasteiger partial charge on any atom is 0.191 e. The van der Waals surface area contributed by atoms with Crippen LogP contribution >= 0.6 is 11.8 Å². The highest BCUT2D eigenvalue weighted by Gasteiger charge is 2.39. The summed E-state index contributed by atoms with van der Waals surface area (Å²) in [6, 6.07) is 0.535. The Morgan fingerprint density at radius 2 is 2.11 bits per heavy atom. The molecule has 1 aromatic heterocycles. The molecule has 2 atom stereocenters. The monoisotopic (exact) mass is 268 g/mol. The fourth-order valence-corrected chi connectivity index (χ4v) is 4.49. The standard InChI is InChI=1S/C13H24N4S/c1-9-15-16-12(17(9)5)18-10-7-6-8-13(2,3)11(10)14-4/h10-11,14H,6-8H2,1-5H3. The predicted molar refractivity (Wildman–Crippen MR) is 75.9 cm³/mol. The van der Waals surface area contributed by atoms with Crippen molar-refractivity contribution < 1.29 is 0 Å². The van der Waals surface area contributed by atoms with Crippen LogP contribution in [0.15, 0.2) is 5.16 Å². The van der Waals surface area contributed by atoms with Crippen molar-refractivity contribution in [3.05, 3.63) is 5.82 Å². The van der Waals surface area contributed by atoms with Gasteiger partial charge in [0.2, 0.25) is 0 Å². The Bertz CT molecular complexity index is 413. The zero-order chi connectivity index (χ0) is 13.3. The summed E-state index contributed by atoms with van der Waals surface area (Å²) in [6.07, 6.45) is 3.86.